The maximum absolute atomic E-state index is 13.2. The van der Waals surface area contributed by atoms with Gasteiger partial charge in [0.2, 0.25) is 17.8 Å². The largest absolute Gasteiger partial charge is 0.312 e. The first-order valence-corrected chi connectivity index (χ1v) is 9.88. The number of amides is 2. The number of benzene rings is 1. The number of anilines is 2. The van der Waals surface area contributed by atoms with Crippen molar-refractivity contribution in [3.63, 3.8) is 0 Å². The van der Waals surface area contributed by atoms with Crippen molar-refractivity contribution in [2.45, 2.75) is 26.7 Å². The summed E-state index contributed by atoms with van der Waals surface area (Å²) in [5.41, 5.74) is 1.44. The van der Waals surface area contributed by atoms with Crippen LogP contribution in [0, 0.1) is 18.7 Å². The van der Waals surface area contributed by atoms with E-state index in [1.807, 2.05) is 6.92 Å². The summed E-state index contributed by atoms with van der Waals surface area (Å²) < 4.78 is 14.5. The number of nitrogens with one attached hydrogen (secondary N) is 2. The first kappa shape index (κ1) is 20.5. The summed E-state index contributed by atoms with van der Waals surface area (Å²) in [6, 6.07) is 8.63. The molecule has 4 rings (SSSR count). The van der Waals surface area contributed by atoms with Gasteiger partial charge in [-0.1, -0.05) is 6.92 Å². The molecule has 1 unspecified atom stereocenters. The SMILES string of the molecule is CCc1cc(=O)[nH]c(-n2nc(C)cc2NC(=O)C2CC(=O)N(c3ccc(F)cc3)C2)n1. The average Bonchev–Trinajstić information content (AvgIpc) is 3.30. The number of carbonyl (C=O) groups is 2. The first-order valence-electron chi connectivity index (χ1n) is 9.88. The minimum Gasteiger partial charge on any atom is -0.312 e. The van der Waals surface area contributed by atoms with Gasteiger partial charge < -0.3 is 10.2 Å². The Morgan fingerprint density at radius 2 is 2.00 bits per heavy atom. The average molecular weight is 424 g/mol. The number of halogens is 1. The van der Waals surface area contributed by atoms with Crippen molar-refractivity contribution in [3.8, 4) is 5.95 Å². The normalized spacial score (nSPS) is 16.0. The summed E-state index contributed by atoms with van der Waals surface area (Å²) in [7, 11) is 0. The number of aromatic amines is 1. The van der Waals surface area contributed by atoms with Crippen LogP contribution in [-0.2, 0) is 16.0 Å². The molecule has 3 heterocycles. The van der Waals surface area contributed by atoms with E-state index in [1.165, 1.54) is 39.9 Å². The van der Waals surface area contributed by atoms with Crippen LogP contribution in [0.5, 0.6) is 0 Å². The molecular weight excluding hydrogens is 403 g/mol. The van der Waals surface area contributed by atoms with Crippen LogP contribution in [0.1, 0.15) is 24.7 Å². The van der Waals surface area contributed by atoms with Crippen molar-refractivity contribution in [2.24, 2.45) is 5.92 Å². The molecule has 1 aliphatic heterocycles. The summed E-state index contributed by atoms with van der Waals surface area (Å²) in [5, 5.41) is 7.11. The maximum Gasteiger partial charge on any atom is 0.252 e. The molecule has 2 amide bonds. The van der Waals surface area contributed by atoms with E-state index in [0.717, 1.165) is 0 Å². The highest BCUT2D eigenvalue weighted by Gasteiger charge is 2.35. The number of aromatic nitrogens is 4. The zero-order valence-electron chi connectivity index (χ0n) is 17.1. The van der Waals surface area contributed by atoms with Crippen LogP contribution >= 0.6 is 0 Å². The third kappa shape index (κ3) is 4.23. The standard InChI is InChI=1S/C21H21FN6O3/c1-3-15-10-18(29)25-21(23-15)28-17(8-12(2)26-28)24-20(31)13-9-19(30)27(11-13)16-6-4-14(22)5-7-16/h4-8,10,13H,3,9,11H2,1-2H3,(H,24,31)(H,23,25,29). The van der Waals surface area contributed by atoms with E-state index in [4.69, 9.17) is 0 Å². The highest BCUT2D eigenvalue weighted by molar-refractivity contribution is 6.03. The van der Waals surface area contributed by atoms with Gasteiger partial charge in [-0.05, 0) is 37.6 Å². The Balaban J connectivity index is 1.55. The van der Waals surface area contributed by atoms with Crippen molar-refractivity contribution in [1.82, 2.24) is 19.7 Å². The fraction of sp³-hybridized carbons (Fsp3) is 0.286. The molecule has 3 aromatic rings. The van der Waals surface area contributed by atoms with Crippen molar-refractivity contribution < 1.29 is 14.0 Å². The molecule has 1 fully saturated rings. The van der Waals surface area contributed by atoms with Gasteiger partial charge in [0.05, 0.1) is 11.6 Å². The molecule has 1 atom stereocenters. The maximum atomic E-state index is 13.2. The van der Waals surface area contributed by atoms with Crippen LogP contribution in [0.2, 0.25) is 0 Å². The van der Waals surface area contributed by atoms with Gasteiger partial charge in [-0.15, -0.1) is 0 Å². The van der Waals surface area contributed by atoms with Crippen molar-refractivity contribution in [1.29, 1.82) is 0 Å². The molecule has 0 saturated carbocycles. The Labute approximate surface area is 176 Å². The summed E-state index contributed by atoms with van der Waals surface area (Å²) in [6.07, 6.45) is 0.610. The zero-order valence-corrected chi connectivity index (χ0v) is 17.1. The highest BCUT2D eigenvalue weighted by atomic mass is 19.1. The lowest BCUT2D eigenvalue weighted by molar-refractivity contribution is -0.122. The molecule has 31 heavy (non-hydrogen) atoms. The second-order valence-electron chi connectivity index (χ2n) is 7.37. The predicted octanol–water partition coefficient (Wildman–Crippen LogP) is 1.96. The Bertz CT molecular complexity index is 1200. The molecule has 1 aliphatic rings. The first-order chi connectivity index (χ1) is 14.8. The van der Waals surface area contributed by atoms with Crippen LogP contribution in [-0.4, -0.2) is 38.1 Å². The molecule has 2 aromatic heterocycles. The summed E-state index contributed by atoms with van der Waals surface area (Å²) in [6.45, 7) is 3.82. The van der Waals surface area contributed by atoms with Crippen LogP contribution < -0.4 is 15.8 Å². The molecule has 10 heteroatoms. The van der Waals surface area contributed by atoms with Gasteiger partial charge in [-0.2, -0.15) is 9.78 Å². The van der Waals surface area contributed by atoms with Crippen LogP contribution in [0.25, 0.3) is 5.95 Å². The van der Waals surface area contributed by atoms with Crippen molar-refractivity contribution >= 4 is 23.3 Å². The second-order valence-corrected chi connectivity index (χ2v) is 7.37. The quantitative estimate of drug-likeness (QED) is 0.650. The minimum absolute atomic E-state index is 0.0384. The van der Waals surface area contributed by atoms with E-state index in [2.05, 4.69) is 20.4 Å². The van der Waals surface area contributed by atoms with Gasteiger partial charge in [0, 0.05) is 36.5 Å². The Hall–Kier alpha value is -3.82. The molecule has 0 aliphatic carbocycles. The molecule has 2 N–H and O–H groups in total. The lowest BCUT2D eigenvalue weighted by atomic mass is 10.1. The number of carbonyl (C=O) groups excluding carboxylic acids is 2. The third-order valence-electron chi connectivity index (χ3n) is 5.06. The predicted molar refractivity (Wildman–Crippen MR) is 112 cm³/mol. The van der Waals surface area contributed by atoms with Gasteiger partial charge >= 0.3 is 0 Å². The Morgan fingerprint density at radius 3 is 2.71 bits per heavy atom. The summed E-state index contributed by atoms with van der Waals surface area (Å²) in [4.78, 5) is 45.7. The minimum atomic E-state index is -0.588. The van der Waals surface area contributed by atoms with Gasteiger partial charge in [0.1, 0.15) is 11.6 Å². The number of hydrogen-bond donors (Lipinski definition) is 2. The molecular formula is C21H21FN6O3. The number of H-pyrrole nitrogens is 1. The Kier molecular flexibility index (Phi) is 5.37. The number of nitrogens with zero attached hydrogens (tertiary/aromatic N) is 4. The smallest absolute Gasteiger partial charge is 0.252 e. The van der Waals surface area contributed by atoms with Crippen molar-refractivity contribution in [3.05, 3.63) is 64.0 Å². The van der Waals surface area contributed by atoms with Crippen LogP contribution in [0.4, 0.5) is 15.9 Å². The molecule has 1 saturated heterocycles. The second kappa shape index (κ2) is 8.13. The van der Waals surface area contributed by atoms with Crippen LogP contribution in [0.15, 0.2) is 41.2 Å². The monoisotopic (exact) mass is 424 g/mol. The fourth-order valence-electron chi connectivity index (χ4n) is 3.51. The third-order valence-corrected chi connectivity index (χ3v) is 5.06. The summed E-state index contributed by atoms with van der Waals surface area (Å²) in [5.74, 6) is -1.01. The van der Waals surface area contributed by atoms with Crippen molar-refractivity contribution in [2.75, 3.05) is 16.8 Å². The molecule has 160 valence electrons. The lowest BCUT2D eigenvalue weighted by Crippen LogP contribution is -2.29. The lowest BCUT2D eigenvalue weighted by Gasteiger charge is -2.16. The Morgan fingerprint density at radius 1 is 1.26 bits per heavy atom. The van der Waals surface area contributed by atoms with E-state index < -0.39 is 11.7 Å². The van der Waals surface area contributed by atoms with Gasteiger partial charge in [0.15, 0.2) is 0 Å². The van der Waals surface area contributed by atoms with E-state index in [0.29, 0.717) is 29.3 Å². The number of hydrogen-bond acceptors (Lipinski definition) is 5. The highest BCUT2D eigenvalue weighted by Crippen LogP contribution is 2.26. The van der Waals surface area contributed by atoms with Gasteiger partial charge in [-0.25, -0.2) is 9.37 Å². The molecule has 0 bridgehead atoms. The van der Waals surface area contributed by atoms with E-state index in [-0.39, 0.29) is 36.3 Å². The zero-order chi connectivity index (χ0) is 22.1. The molecule has 0 radical (unpaired) electrons. The van der Waals surface area contributed by atoms with Crippen LogP contribution in [0.3, 0.4) is 0 Å². The van der Waals surface area contributed by atoms with E-state index >= 15 is 0 Å². The molecule has 0 spiro atoms. The topological polar surface area (TPSA) is 113 Å². The molecule has 9 nitrogen and oxygen atoms in total. The molecule has 1 aromatic carbocycles. The van der Waals surface area contributed by atoms with Gasteiger partial charge in [-0.3, -0.25) is 19.4 Å². The van der Waals surface area contributed by atoms with E-state index in [1.54, 1.807) is 13.0 Å². The summed E-state index contributed by atoms with van der Waals surface area (Å²) >= 11 is 0. The number of rotatable bonds is 5. The fourth-order valence-corrected chi connectivity index (χ4v) is 3.51. The van der Waals surface area contributed by atoms with E-state index in [9.17, 15) is 18.8 Å². The van der Waals surface area contributed by atoms with Gasteiger partial charge in [0.25, 0.3) is 5.56 Å². The number of aryl methyl sites for hydroxylation is 2.